The number of imidazole rings is 1. The Labute approximate surface area is 114 Å². The number of thiophene rings is 1. The van der Waals surface area contributed by atoms with E-state index in [4.69, 9.17) is 0 Å². The fraction of sp³-hybridized carbons (Fsp3) is 0.214. The average molecular weight is 273 g/mol. The molecule has 0 aliphatic rings. The maximum Gasteiger partial charge on any atom is 0.323 e. The summed E-state index contributed by atoms with van der Waals surface area (Å²) < 4.78 is 0. The van der Waals surface area contributed by atoms with Gasteiger partial charge < -0.3 is 15.3 Å². The fourth-order valence-electron chi connectivity index (χ4n) is 2.10. The first kappa shape index (κ1) is 12.2. The normalized spacial score (nSPS) is 12.9. The molecule has 98 valence electrons. The van der Waals surface area contributed by atoms with Crippen molar-refractivity contribution in [1.82, 2.24) is 15.3 Å². The van der Waals surface area contributed by atoms with Crippen LogP contribution in [0.3, 0.4) is 0 Å². The van der Waals surface area contributed by atoms with Gasteiger partial charge in [0.1, 0.15) is 0 Å². The summed E-state index contributed by atoms with van der Waals surface area (Å²) in [6.45, 7) is 2.94. The van der Waals surface area contributed by atoms with Crippen molar-refractivity contribution >= 4 is 22.4 Å². The molecule has 0 aliphatic carbocycles. The Morgan fingerprint density at radius 2 is 2.11 bits per heavy atom. The number of rotatable bonds is 4. The Morgan fingerprint density at radius 1 is 1.26 bits per heavy atom. The van der Waals surface area contributed by atoms with Gasteiger partial charge in [0, 0.05) is 17.5 Å². The summed E-state index contributed by atoms with van der Waals surface area (Å²) in [5.41, 5.74) is 2.70. The average Bonchev–Trinajstić information content (AvgIpc) is 3.03. The van der Waals surface area contributed by atoms with Crippen molar-refractivity contribution in [3.05, 3.63) is 56.6 Å². The van der Waals surface area contributed by atoms with E-state index < -0.39 is 0 Å². The topological polar surface area (TPSA) is 60.7 Å². The number of fused-ring (bicyclic) bond motifs is 1. The van der Waals surface area contributed by atoms with Gasteiger partial charge in [-0.25, -0.2) is 4.79 Å². The van der Waals surface area contributed by atoms with Crippen molar-refractivity contribution in [3.8, 4) is 0 Å². The predicted octanol–water partition coefficient (Wildman–Crippen LogP) is 2.77. The molecule has 0 radical (unpaired) electrons. The largest absolute Gasteiger partial charge is 0.323 e. The summed E-state index contributed by atoms with van der Waals surface area (Å²) in [7, 11) is 0. The summed E-state index contributed by atoms with van der Waals surface area (Å²) in [5.74, 6) is 0. The molecule has 0 bridgehead atoms. The lowest BCUT2D eigenvalue weighted by atomic mass is 10.2. The third kappa shape index (κ3) is 2.62. The molecule has 0 aliphatic heterocycles. The summed E-state index contributed by atoms with van der Waals surface area (Å²) in [4.78, 5) is 18.0. The Bertz CT molecular complexity index is 727. The Kier molecular flexibility index (Phi) is 3.23. The molecule has 0 saturated carbocycles. The summed E-state index contributed by atoms with van der Waals surface area (Å²) in [6.07, 6.45) is 0. The fourth-order valence-corrected chi connectivity index (χ4v) is 2.86. The highest BCUT2D eigenvalue weighted by atomic mass is 32.1. The molecule has 19 heavy (non-hydrogen) atoms. The predicted molar refractivity (Wildman–Crippen MR) is 78.5 cm³/mol. The maximum absolute atomic E-state index is 11.2. The smallest absolute Gasteiger partial charge is 0.306 e. The van der Waals surface area contributed by atoms with E-state index in [1.807, 2.05) is 18.2 Å². The van der Waals surface area contributed by atoms with E-state index in [1.54, 1.807) is 11.3 Å². The maximum atomic E-state index is 11.2. The summed E-state index contributed by atoms with van der Waals surface area (Å²) in [5, 5.41) is 5.57. The van der Waals surface area contributed by atoms with Crippen LogP contribution in [0.2, 0.25) is 0 Å². The quantitative estimate of drug-likeness (QED) is 0.684. The monoisotopic (exact) mass is 273 g/mol. The van der Waals surface area contributed by atoms with Crippen molar-refractivity contribution in [1.29, 1.82) is 0 Å². The van der Waals surface area contributed by atoms with Crippen LogP contribution in [0.25, 0.3) is 11.0 Å². The van der Waals surface area contributed by atoms with Crippen molar-refractivity contribution in [2.24, 2.45) is 0 Å². The molecule has 4 nitrogen and oxygen atoms in total. The van der Waals surface area contributed by atoms with Gasteiger partial charge in [-0.2, -0.15) is 0 Å². The van der Waals surface area contributed by atoms with Crippen molar-refractivity contribution in [2.75, 3.05) is 0 Å². The van der Waals surface area contributed by atoms with Gasteiger partial charge in [-0.15, -0.1) is 11.3 Å². The van der Waals surface area contributed by atoms with E-state index in [2.05, 4.69) is 39.7 Å². The van der Waals surface area contributed by atoms with Gasteiger partial charge in [0.15, 0.2) is 0 Å². The molecule has 5 heteroatoms. The van der Waals surface area contributed by atoms with Crippen molar-refractivity contribution < 1.29 is 0 Å². The van der Waals surface area contributed by atoms with Crippen LogP contribution in [0.4, 0.5) is 0 Å². The minimum Gasteiger partial charge on any atom is -0.306 e. The van der Waals surface area contributed by atoms with Gasteiger partial charge >= 0.3 is 5.69 Å². The third-order valence-corrected chi connectivity index (χ3v) is 4.22. The van der Waals surface area contributed by atoms with Crippen molar-refractivity contribution in [2.45, 2.75) is 19.5 Å². The second-order valence-electron chi connectivity index (χ2n) is 4.58. The molecule has 2 aromatic heterocycles. The minimum absolute atomic E-state index is 0.160. The number of aromatic amines is 2. The van der Waals surface area contributed by atoms with Crippen molar-refractivity contribution in [3.63, 3.8) is 0 Å². The lowest BCUT2D eigenvalue weighted by Gasteiger charge is -2.12. The molecule has 3 rings (SSSR count). The summed E-state index contributed by atoms with van der Waals surface area (Å²) >= 11 is 1.76. The first-order chi connectivity index (χ1) is 9.22. The minimum atomic E-state index is -0.160. The molecule has 0 spiro atoms. The van der Waals surface area contributed by atoms with E-state index >= 15 is 0 Å². The first-order valence-electron chi connectivity index (χ1n) is 6.20. The zero-order chi connectivity index (χ0) is 13.2. The Hall–Kier alpha value is -1.85. The highest BCUT2D eigenvalue weighted by molar-refractivity contribution is 7.10. The Morgan fingerprint density at radius 3 is 2.89 bits per heavy atom. The van der Waals surface area contributed by atoms with Crippen LogP contribution in [0, 0.1) is 0 Å². The standard InChI is InChI=1S/C14H15N3OS/c1-9(13-3-2-6-19-13)15-8-10-4-5-11-12(7-10)17-14(18)16-11/h2-7,9,15H,8H2,1H3,(H2,16,17,18)/t9-/m0/s1. The lowest BCUT2D eigenvalue weighted by Crippen LogP contribution is -2.17. The van der Waals surface area contributed by atoms with Crippen LogP contribution >= 0.6 is 11.3 Å². The third-order valence-electron chi connectivity index (χ3n) is 3.16. The van der Waals surface area contributed by atoms with E-state index in [0.717, 1.165) is 23.1 Å². The van der Waals surface area contributed by atoms with Crippen LogP contribution in [0.5, 0.6) is 0 Å². The van der Waals surface area contributed by atoms with Gasteiger partial charge in [0.2, 0.25) is 0 Å². The SMILES string of the molecule is C[C@H](NCc1ccc2[nH]c(=O)[nH]c2c1)c1cccs1. The summed E-state index contributed by atoms with van der Waals surface area (Å²) in [6, 6.07) is 10.5. The van der Waals surface area contributed by atoms with Crippen LogP contribution in [-0.4, -0.2) is 9.97 Å². The second kappa shape index (κ2) is 5.03. The highest BCUT2D eigenvalue weighted by Crippen LogP contribution is 2.19. The Balaban J connectivity index is 1.73. The number of hydrogen-bond acceptors (Lipinski definition) is 3. The first-order valence-corrected chi connectivity index (χ1v) is 7.08. The van der Waals surface area contributed by atoms with Crippen LogP contribution in [0.15, 0.2) is 40.5 Å². The van der Waals surface area contributed by atoms with E-state index in [1.165, 1.54) is 4.88 Å². The molecule has 0 amide bonds. The molecule has 3 N–H and O–H groups in total. The van der Waals surface area contributed by atoms with Crippen LogP contribution in [0.1, 0.15) is 23.4 Å². The van der Waals surface area contributed by atoms with Gasteiger partial charge in [-0.05, 0) is 36.1 Å². The van der Waals surface area contributed by atoms with Gasteiger partial charge in [0.25, 0.3) is 0 Å². The molecule has 0 unspecified atom stereocenters. The van der Waals surface area contributed by atoms with Gasteiger partial charge in [-0.1, -0.05) is 12.1 Å². The molecule has 2 heterocycles. The lowest BCUT2D eigenvalue weighted by molar-refractivity contribution is 0.583. The second-order valence-corrected chi connectivity index (χ2v) is 5.56. The molecule has 1 aromatic carbocycles. The number of hydrogen-bond donors (Lipinski definition) is 3. The van der Waals surface area contributed by atoms with E-state index in [0.29, 0.717) is 6.04 Å². The van der Waals surface area contributed by atoms with E-state index in [-0.39, 0.29) is 5.69 Å². The number of aromatic nitrogens is 2. The molecule has 1 atom stereocenters. The van der Waals surface area contributed by atoms with Crippen LogP contribution < -0.4 is 11.0 Å². The zero-order valence-corrected chi connectivity index (χ0v) is 11.4. The zero-order valence-electron chi connectivity index (χ0n) is 10.6. The van der Waals surface area contributed by atoms with Crippen LogP contribution in [-0.2, 0) is 6.54 Å². The molecule has 3 aromatic rings. The number of benzene rings is 1. The molecular weight excluding hydrogens is 258 g/mol. The number of nitrogens with one attached hydrogen (secondary N) is 3. The highest BCUT2D eigenvalue weighted by Gasteiger charge is 2.06. The molecule has 0 fully saturated rings. The van der Waals surface area contributed by atoms with Gasteiger partial charge in [0.05, 0.1) is 11.0 Å². The number of H-pyrrole nitrogens is 2. The molecule has 0 saturated heterocycles. The van der Waals surface area contributed by atoms with Gasteiger partial charge in [-0.3, -0.25) is 0 Å². The molecular formula is C14H15N3OS. The van der Waals surface area contributed by atoms with E-state index in [9.17, 15) is 4.79 Å².